The highest BCUT2D eigenvalue weighted by molar-refractivity contribution is 9.10. The third-order valence-electron chi connectivity index (χ3n) is 3.36. The van der Waals surface area contributed by atoms with Crippen LogP contribution in [-0.2, 0) is 0 Å². The molecule has 1 aliphatic heterocycles. The van der Waals surface area contributed by atoms with Gasteiger partial charge in [0.25, 0.3) is 5.91 Å². The largest absolute Gasteiger partial charge is 0.493 e. The van der Waals surface area contributed by atoms with E-state index in [-0.39, 0.29) is 5.91 Å². The van der Waals surface area contributed by atoms with Gasteiger partial charge in [0.1, 0.15) is 0 Å². The van der Waals surface area contributed by atoms with Crippen molar-refractivity contribution in [2.24, 2.45) is 0 Å². The Kier molecular flexibility index (Phi) is 5.25. The number of amides is 1. The molecular weight excluding hydrogens is 324 g/mol. The summed E-state index contributed by atoms with van der Waals surface area (Å²) in [6.07, 6.45) is 2.26. The van der Waals surface area contributed by atoms with Crippen molar-refractivity contribution < 1.29 is 14.3 Å². The maximum absolute atomic E-state index is 12.3. The van der Waals surface area contributed by atoms with E-state index in [0.29, 0.717) is 29.6 Å². The molecule has 5 nitrogen and oxygen atoms in total. The molecule has 1 aromatic carbocycles. The topological polar surface area (TPSA) is 59.6 Å². The minimum atomic E-state index is -0.157. The second-order valence-corrected chi connectivity index (χ2v) is 5.61. The van der Waals surface area contributed by atoms with Crippen molar-refractivity contribution in [2.75, 3.05) is 27.3 Å². The van der Waals surface area contributed by atoms with Gasteiger partial charge in [0, 0.05) is 17.1 Å². The SMILES string of the molecule is COc1cc(Br)cc(C(=O)NCC2CCCN2)c1OC. The number of nitrogens with one attached hydrogen (secondary N) is 2. The molecule has 1 unspecified atom stereocenters. The molecule has 20 heavy (non-hydrogen) atoms. The molecule has 6 heteroatoms. The summed E-state index contributed by atoms with van der Waals surface area (Å²) >= 11 is 3.37. The van der Waals surface area contributed by atoms with Crippen LogP contribution >= 0.6 is 15.9 Å². The predicted octanol–water partition coefficient (Wildman–Crippen LogP) is 1.95. The molecule has 1 heterocycles. The van der Waals surface area contributed by atoms with Crippen LogP contribution in [0.15, 0.2) is 16.6 Å². The van der Waals surface area contributed by atoms with Gasteiger partial charge >= 0.3 is 0 Å². The molecule has 0 radical (unpaired) electrons. The fraction of sp³-hybridized carbons (Fsp3) is 0.500. The van der Waals surface area contributed by atoms with E-state index in [1.54, 1.807) is 19.2 Å². The van der Waals surface area contributed by atoms with Crippen molar-refractivity contribution in [1.29, 1.82) is 0 Å². The summed E-state index contributed by atoms with van der Waals surface area (Å²) in [7, 11) is 3.08. The minimum Gasteiger partial charge on any atom is -0.493 e. The highest BCUT2D eigenvalue weighted by atomic mass is 79.9. The molecule has 0 saturated carbocycles. The lowest BCUT2D eigenvalue weighted by Gasteiger charge is -2.15. The molecule has 1 saturated heterocycles. The van der Waals surface area contributed by atoms with E-state index in [4.69, 9.17) is 9.47 Å². The fourth-order valence-corrected chi connectivity index (χ4v) is 2.78. The zero-order valence-corrected chi connectivity index (χ0v) is 13.2. The molecule has 0 spiro atoms. The number of methoxy groups -OCH3 is 2. The molecule has 1 atom stereocenters. The van der Waals surface area contributed by atoms with Crippen molar-refractivity contribution in [1.82, 2.24) is 10.6 Å². The van der Waals surface area contributed by atoms with Gasteiger partial charge in [-0.2, -0.15) is 0 Å². The number of ether oxygens (including phenoxy) is 2. The molecule has 1 fully saturated rings. The Morgan fingerprint density at radius 2 is 2.25 bits per heavy atom. The average Bonchev–Trinajstić information content (AvgIpc) is 2.96. The Balaban J connectivity index is 2.13. The summed E-state index contributed by atoms with van der Waals surface area (Å²) < 4.78 is 11.3. The fourth-order valence-electron chi connectivity index (χ4n) is 2.34. The van der Waals surface area contributed by atoms with Gasteiger partial charge in [-0.1, -0.05) is 15.9 Å². The highest BCUT2D eigenvalue weighted by Crippen LogP contribution is 2.34. The van der Waals surface area contributed by atoms with Gasteiger partial charge in [0.2, 0.25) is 0 Å². The molecular formula is C14H19BrN2O3. The molecule has 0 aliphatic carbocycles. The van der Waals surface area contributed by atoms with Crippen LogP contribution in [0.1, 0.15) is 23.2 Å². The van der Waals surface area contributed by atoms with Crippen LogP contribution in [0.25, 0.3) is 0 Å². The molecule has 2 rings (SSSR count). The van der Waals surface area contributed by atoms with Crippen molar-refractivity contribution in [3.63, 3.8) is 0 Å². The lowest BCUT2D eigenvalue weighted by Crippen LogP contribution is -2.37. The van der Waals surface area contributed by atoms with E-state index < -0.39 is 0 Å². The van der Waals surface area contributed by atoms with E-state index in [0.717, 1.165) is 23.9 Å². The summed E-state index contributed by atoms with van der Waals surface area (Å²) in [5.41, 5.74) is 0.469. The maximum atomic E-state index is 12.3. The van der Waals surface area contributed by atoms with Gasteiger partial charge in [-0.25, -0.2) is 0 Å². The average molecular weight is 343 g/mol. The molecule has 0 aromatic heterocycles. The number of carbonyl (C=O) groups excluding carboxylic acids is 1. The van der Waals surface area contributed by atoms with Crippen LogP contribution in [0.4, 0.5) is 0 Å². The zero-order chi connectivity index (χ0) is 14.5. The number of carbonyl (C=O) groups is 1. The minimum absolute atomic E-state index is 0.157. The van der Waals surface area contributed by atoms with Gasteiger partial charge in [-0.15, -0.1) is 0 Å². The summed E-state index contributed by atoms with van der Waals surface area (Å²) in [6, 6.07) is 3.87. The first kappa shape index (κ1) is 15.1. The first-order valence-corrected chi connectivity index (χ1v) is 7.38. The van der Waals surface area contributed by atoms with Crippen LogP contribution in [0.5, 0.6) is 11.5 Å². The normalized spacial score (nSPS) is 17.9. The number of rotatable bonds is 5. The first-order valence-electron chi connectivity index (χ1n) is 6.58. The monoisotopic (exact) mass is 342 g/mol. The zero-order valence-electron chi connectivity index (χ0n) is 11.7. The Bertz CT molecular complexity index is 488. The number of hydrogen-bond acceptors (Lipinski definition) is 4. The van der Waals surface area contributed by atoms with Gasteiger partial charge in [0.05, 0.1) is 19.8 Å². The van der Waals surface area contributed by atoms with Crippen LogP contribution < -0.4 is 20.1 Å². The Labute approximate surface area is 127 Å². The number of benzene rings is 1. The third kappa shape index (κ3) is 3.43. The Morgan fingerprint density at radius 3 is 2.85 bits per heavy atom. The van der Waals surface area contributed by atoms with Gasteiger partial charge < -0.3 is 20.1 Å². The number of hydrogen-bond donors (Lipinski definition) is 2. The van der Waals surface area contributed by atoms with E-state index in [2.05, 4.69) is 26.6 Å². The predicted molar refractivity (Wildman–Crippen MR) is 80.6 cm³/mol. The molecule has 1 amide bonds. The standard InChI is InChI=1S/C14H19BrN2O3/c1-19-12-7-9(15)6-11(13(12)20-2)14(18)17-8-10-4-3-5-16-10/h6-7,10,16H,3-5,8H2,1-2H3,(H,17,18). The van der Waals surface area contributed by atoms with Crippen LogP contribution in [0.3, 0.4) is 0 Å². The second-order valence-electron chi connectivity index (χ2n) is 4.69. The van der Waals surface area contributed by atoms with Crippen molar-refractivity contribution in [3.05, 3.63) is 22.2 Å². The summed E-state index contributed by atoms with van der Waals surface area (Å²) in [4.78, 5) is 12.3. The molecule has 1 aliphatic rings. The van der Waals surface area contributed by atoms with Gasteiger partial charge in [-0.3, -0.25) is 4.79 Å². The quantitative estimate of drug-likeness (QED) is 0.858. The summed E-state index contributed by atoms with van der Waals surface area (Å²) in [5, 5.41) is 6.28. The number of halogens is 1. The highest BCUT2D eigenvalue weighted by Gasteiger charge is 2.20. The van der Waals surface area contributed by atoms with E-state index >= 15 is 0 Å². The molecule has 0 bridgehead atoms. The molecule has 110 valence electrons. The lowest BCUT2D eigenvalue weighted by molar-refractivity contribution is 0.0946. The first-order chi connectivity index (χ1) is 9.65. The van der Waals surface area contributed by atoms with Crippen LogP contribution in [0, 0.1) is 0 Å². The molecule has 2 N–H and O–H groups in total. The van der Waals surface area contributed by atoms with E-state index in [9.17, 15) is 4.79 Å². The summed E-state index contributed by atoms with van der Waals surface area (Å²) in [5.74, 6) is 0.828. The Morgan fingerprint density at radius 1 is 1.45 bits per heavy atom. The van der Waals surface area contributed by atoms with Gasteiger partial charge in [-0.05, 0) is 31.5 Å². The lowest BCUT2D eigenvalue weighted by atomic mass is 10.1. The van der Waals surface area contributed by atoms with Crippen LogP contribution in [0.2, 0.25) is 0 Å². The van der Waals surface area contributed by atoms with Crippen LogP contribution in [-0.4, -0.2) is 39.3 Å². The second kappa shape index (κ2) is 6.95. The van der Waals surface area contributed by atoms with Crippen molar-refractivity contribution in [3.8, 4) is 11.5 Å². The van der Waals surface area contributed by atoms with Crippen molar-refractivity contribution in [2.45, 2.75) is 18.9 Å². The van der Waals surface area contributed by atoms with Crippen molar-refractivity contribution >= 4 is 21.8 Å². The smallest absolute Gasteiger partial charge is 0.255 e. The Hall–Kier alpha value is -1.27. The maximum Gasteiger partial charge on any atom is 0.255 e. The molecule has 1 aromatic rings. The van der Waals surface area contributed by atoms with E-state index in [1.165, 1.54) is 7.11 Å². The summed E-state index contributed by atoms with van der Waals surface area (Å²) in [6.45, 7) is 1.64. The third-order valence-corrected chi connectivity index (χ3v) is 3.82. The van der Waals surface area contributed by atoms with Gasteiger partial charge in [0.15, 0.2) is 11.5 Å². The van der Waals surface area contributed by atoms with E-state index in [1.807, 2.05) is 0 Å².